The Labute approximate surface area is 118 Å². The fraction of sp³-hybridized carbons (Fsp3) is 0.500. The number of hydrogen-bond acceptors (Lipinski definition) is 3. The summed E-state index contributed by atoms with van der Waals surface area (Å²) in [6.07, 6.45) is 5.11. The molecule has 1 saturated heterocycles. The van der Waals surface area contributed by atoms with E-state index in [9.17, 15) is 0 Å². The second-order valence-corrected chi connectivity index (χ2v) is 6.26. The molecular formula is C14H19ClN4. The van der Waals surface area contributed by atoms with Gasteiger partial charge in [0.2, 0.25) is 0 Å². The average molecular weight is 279 g/mol. The Kier molecular flexibility index (Phi) is 3.25. The zero-order chi connectivity index (χ0) is 13.5. The van der Waals surface area contributed by atoms with Crippen LogP contribution in [0.3, 0.4) is 0 Å². The van der Waals surface area contributed by atoms with E-state index in [1.165, 1.54) is 6.42 Å². The molecule has 2 N–H and O–H groups in total. The van der Waals surface area contributed by atoms with Crippen LogP contribution in [0, 0.1) is 5.41 Å². The van der Waals surface area contributed by atoms with Gasteiger partial charge in [-0.1, -0.05) is 18.5 Å². The topological polar surface area (TPSA) is 46.6 Å². The molecule has 2 aromatic rings. The van der Waals surface area contributed by atoms with Gasteiger partial charge in [-0.2, -0.15) is 0 Å². The number of aromatic nitrogens is 2. The summed E-state index contributed by atoms with van der Waals surface area (Å²) < 4.78 is 1.98. The fourth-order valence-electron chi connectivity index (χ4n) is 2.75. The first-order valence-corrected chi connectivity index (χ1v) is 7.01. The second kappa shape index (κ2) is 4.78. The summed E-state index contributed by atoms with van der Waals surface area (Å²) in [5.41, 5.74) is 8.14. The lowest BCUT2D eigenvalue weighted by atomic mass is 9.90. The number of imidazole rings is 1. The van der Waals surface area contributed by atoms with Crippen LogP contribution in [0.4, 0.5) is 0 Å². The lowest BCUT2D eigenvalue weighted by molar-refractivity contribution is 0.272. The Bertz CT molecular complexity index is 594. The van der Waals surface area contributed by atoms with Crippen LogP contribution in [-0.4, -0.2) is 33.9 Å². The molecule has 2 aromatic heterocycles. The van der Waals surface area contributed by atoms with Crippen molar-refractivity contribution in [2.24, 2.45) is 11.1 Å². The third-order valence-electron chi connectivity index (χ3n) is 3.98. The van der Waals surface area contributed by atoms with Crippen LogP contribution in [0.1, 0.15) is 19.0 Å². The molecule has 19 heavy (non-hydrogen) atoms. The Balaban J connectivity index is 1.75. The van der Waals surface area contributed by atoms with Gasteiger partial charge in [-0.3, -0.25) is 4.90 Å². The van der Waals surface area contributed by atoms with Crippen LogP contribution in [0.25, 0.3) is 5.65 Å². The molecule has 1 aliphatic rings. The van der Waals surface area contributed by atoms with Crippen molar-refractivity contribution < 1.29 is 0 Å². The van der Waals surface area contributed by atoms with Crippen LogP contribution in [-0.2, 0) is 6.54 Å². The Morgan fingerprint density at radius 1 is 1.42 bits per heavy atom. The second-order valence-electron chi connectivity index (χ2n) is 5.82. The predicted octanol–water partition coefficient (Wildman–Crippen LogP) is 2.16. The number of rotatable bonds is 3. The van der Waals surface area contributed by atoms with Crippen LogP contribution >= 0.6 is 11.6 Å². The molecule has 0 aliphatic carbocycles. The Morgan fingerprint density at radius 2 is 2.26 bits per heavy atom. The zero-order valence-electron chi connectivity index (χ0n) is 11.1. The van der Waals surface area contributed by atoms with E-state index in [2.05, 4.69) is 23.0 Å². The average Bonchev–Trinajstić information content (AvgIpc) is 2.93. The van der Waals surface area contributed by atoms with Gasteiger partial charge in [0.1, 0.15) is 5.65 Å². The molecule has 1 atom stereocenters. The number of pyridine rings is 1. The maximum absolute atomic E-state index is 5.98. The normalized spacial score (nSPS) is 24.4. The molecule has 3 heterocycles. The summed E-state index contributed by atoms with van der Waals surface area (Å²) in [5, 5.41) is 0.730. The minimum absolute atomic E-state index is 0.266. The minimum Gasteiger partial charge on any atom is -0.330 e. The zero-order valence-corrected chi connectivity index (χ0v) is 11.9. The molecule has 0 saturated carbocycles. The quantitative estimate of drug-likeness (QED) is 0.936. The molecule has 0 bridgehead atoms. The summed E-state index contributed by atoms with van der Waals surface area (Å²) in [6.45, 7) is 6.05. The van der Waals surface area contributed by atoms with E-state index in [4.69, 9.17) is 17.3 Å². The van der Waals surface area contributed by atoms with Crippen molar-refractivity contribution in [2.75, 3.05) is 19.6 Å². The minimum atomic E-state index is 0.266. The van der Waals surface area contributed by atoms with Crippen LogP contribution < -0.4 is 5.73 Å². The van der Waals surface area contributed by atoms with Crippen molar-refractivity contribution in [3.63, 3.8) is 0 Å². The number of fused-ring (bicyclic) bond motifs is 1. The van der Waals surface area contributed by atoms with E-state index in [-0.39, 0.29) is 5.41 Å². The van der Waals surface area contributed by atoms with Crippen molar-refractivity contribution in [2.45, 2.75) is 19.9 Å². The van der Waals surface area contributed by atoms with Crippen LogP contribution in [0.5, 0.6) is 0 Å². The monoisotopic (exact) mass is 278 g/mol. The highest BCUT2D eigenvalue weighted by atomic mass is 35.5. The first-order chi connectivity index (χ1) is 9.08. The fourth-order valence-corrected chi connectivity index (χ4v) is 2.92. The molecule has 102 valence electrons. The lowest BCUT2D eigenvalue weighted by Crippen LogP contribution is -2.31. The first kappa shape index (κ1) is 12.9. The molecule has 3 rings (SSSR count). The van der Waals surface area contributed by atoms with E-state index in [0.29, 0.717) is 0 Å². The van der Waals surface area contributed by atoms with Gasteiger partial charge in [0.25, 0.3) is 0 Å². The smallest absolute Gasteiger partial charge is 0.137 e. The molecule has 4 nitrogen and oxygen atoms in total. The molecule has 1 fully saturated rings. The number of halogens is 1. The van der Waals surface area contributed by atoms with Crippen molar-refractivity contribution in [1.29, 1.82) is 0 Å². The molecule has 0 aromatic carbocycles. The van der Waals surface area contributed by atoms with E-state index >= 15 is 0 Å². The van der Waals surface area contributed by atoms with Crippen molar-refractivity contribution in [3.8, 4) is 0 Å². The van der Waals surface area contributed by atoms with Gasteiger partial charge in [-0.15, -0.1) is 0 Å². The van der Waals surface area contributed by atoms with E-state index < -0.39 is 0 Å². The maximum atomic E-state index is 5.98. The van der Waals surface area contributed by atoms with Gasteiger partial charge in [-0.05, 0) is 37.1 Å². The van der Waals surface area contributed by atoms with Gasteiger partial charge in [0.15, 0.2) is 0 Å². The van der Waals surface area contributed by atoms with Crippen LogP contribution in [0.15, 0.2) is 24.5 Å². The summed E-state index contributed by atoms with van der Waals surface area (Å²) in [7, 11) is 0. The predicted molar refractivity (Wildman–Crippen MR) is 77.3 cm³/mol. The molecule has 1 aliphatic heterocycles. The highest BCUT2D eigenvalue weighted by Crippen LogP contribution is 2.29. The number of nitrogens with two attached hydrogens (primary N) is 1. The largest absolute Gasteiger partial charge is 0.330 e. The molecule has 1 unspecified atom stereocenters. The molecule has 0 spiro atoms. The number of hydrogen-bond donors (Lipinski definition) is 1. The first-order valence-electron chi connectivity index (χ1n) is 6.64. The molecule has 5 heteroatoms. The molecule has 0 radical (unpaired) electrons. The lowest BCUT2D eigenvalue weighted by Gasteiger charge is -2.22. The van der Waals surface area contributed by atoms with Gasteiger partial charge in [-0.25, -0.2) is 4.98 Å². The van der Waals surface area contributed by atoms with E-state index in [0.717, 1.165) is 42.5 Å². The van der Waals surface area contributed by atoms with Gasteiger partial charge >= 0.3 is 0 Å². The van der Waals surface area contributed by atoms with E-state index in [1.807, 2.05) is 22.7 Å². The van der Waals surface area contributed by atoms with Gasteiger partial charge in [0.05, 0.1) is 10.7 Å². The maximum Gasteiger partial charge on any atom is 0.137 e. The highest BCUT2D eigenvalue weighted by molar-refractivity contribution is 6.30. The molecule has 0 amide bonds. The third kappa shape index (κ3) is 2.61. The van der Waals surface area contributed by atoms with Crippen LogP contribution in [0.2, 0.25) is 5.02 Å². The highest BCUT2D eigenvalue weighted by Gasteiger charge is 2.32. The van der Waals surface area contributed by atoms with Gasteiger partial charge in [0, 0.05) is 25.5 Å². The molecular weight excluding hydrogens is 260 g/mol. The Morgan fingerprint density at radius 3 is 3.00 bits per heavy atom. The third-order valence-corrected chi connectivity index (χ3v) is 4.20. The Hall–Kier alpha value is -1.10. The summed E-state index contributed by atoms with van der Waals surface area (Å²) in [5.74, 6) is 0. The van der Waals surface area contributed by atoms with E-state index in [1.54, 1.807) is 0 Å². The number of likely N-dealkylation sites (tertiary alicyclic amines) is 1. The van der Waals surface area contributed by atoms with Gasteiger partial charge < -0.3 is 10.1 Å². The summed E-state index contributed by atoms with van der Waals surface area (Å²) in [6, 6.07) is 3.81. The summed E-state index contributed by atoms with van der Waals surface area (Å²) >= 11 is 5.98. The summed E-state index contributed by atoms with van der Waals surface area (Å²) in [4.78, 5) is 7.05. The SMILES string of the molecule is CC1(CN)CCN(Cc2cn3cc(Cl)ccc3n2)C1. The van der Waals surface area contributed by atoms with Crippen molar-refractivity contribution in [3.05, 3.63) is 35.2 Å². The van der Waals surface area contributed by atoms with Crippen molar-refractivity contribution >= 4 is 17.2 Å². The standard InChI is InChI=1S/C14H19ClN4/c1-14(9-16)4-5-18(10-14)7-12-8-19-6-11(15)2-3-13(19)17-12/h2-3,6,8H,4-5,7,9-10,16H2,1H3. The van der Waals surface area contributed by atoms with Crippen molar-refractivity contribution in [1.82, 2.24) is 14.3 Å². The number of nitrogens with zero attached hydrogens (tertiary/aromatic N) is 3.